The minimum atomic E-state index is -0.484. The molecule has 5 nitrogen and oxygen atoms in total. The van der Waals surface area contributed by atoms with E-state index < -0.39 is 5.60 Å². The summed E-state index contributed by atoms with van der Waals surface area (Å²) in [5.74, 6) is 0. The van der Waals surface area contributed by atoms with Crippen LogP contribution in [0.3, 0.4) is 0 Å². The van der Waals surface area contributed by atoms with E-state index in [0.717, 1.165) is 43.5 Å². The van der Waals surface area contributed by atoms with E-state index in [-0.39, 0.29) is 12.1 Å². The van der Waals surface area contributed by atoms with E-state index in [1.807, 2.05) is 45.0 Å². The standard InChI is InChI=1S/C19H27N3O2/c1-19(2,3)24-18(23)21-13-17-10-6-7-11-22(17)14-16-9-5-4-8-15(16)12-20/h4-5,8-9,17H,6-7,10-11,13-14H2,1-3H3,(H,21,23)/t17-/m1/s1. The molecule has 24 heavy (non-hydrogen) atoms. The van der Waals surface area contributed by atoms with E-state index in [9.17, 15) is 10.1 Å². The lowest BCUT2D eigenvalue weighted by Gasteiger charge is -2.36. The van der Waals surface area contributed by atoms with E-state index in [0.29, 0.717) is 6.54 Å². The Labute approximate surface area is 144 Å². The van der Waals surface area contributed by atoms with Crippen LogP contribution in [-0.4, -0.2) is 35.7 Å². The summed E-state index contributed by atoms with van der Waals surface area (Å²) < 4.78 is 5.31. The minimum Gasteiger partial charge on any atom is -0.444 e. The van der Waals surface area contributed by atoms with Crippen LogP contribution >= 0.6 is 0 Å². The number of amides is 1. The number of ether oxygens (including phenoxy) is 1. The predicted octanol–water partition coefficient (Wildman–Crippen LogP) is 3.44. The number of nitrogens with zero attached hydrogens (tertiary/aromatic N) is 2. The van der Waals surface area contributed by atoms with E-state index in [1.165, 1.54) is 0 Å². The number of piperidine rings is 1. The third-order valence-corrected chi connectivity index (χ3v) is 4.14. The van der Waals surface area contributed by atoms with Gasteiger partial charge in [0.25, 0.3) is 0 Å². The first kappa shape index (κ1) is 18.3. The van der Waals surface area contributed by atoms with Crippen molar-refractivity contribution in [3.63, 3.8) is 0 Å². The molecule has 1 aromatic carbocycles. The number of carbonyl (C=O) groups is 1. The van der Waals surface area contributed by atoms with Crippen molar-refractivity contribution in [3.05, 3.63) is 35.4 Å². The number of hydrogen-bond acceptors (Lipinski definition) is 4. The van der Waals surface area contributed by atoms with Crippen LogP contribution < -0.4 is 5.32 Å². The summed E-state index contributed by atoms with van der Waals surface area (Å²) in [6.07, 6.45) is 2.99. The molecule has 1 aliphatic rings. The summed E-state index contributed by atoms with van der Waals surface area (Å²) in [7, 11) is 0. The van der Waals surface area contributed by atoms with Crippen LogP contribution in [-0.2, 0) is 11.3 Å². The first-order chi connectivity index (χ1) is 11.4. The van der Waals surface area contributed by atoms with Crippen LogP contribution in [0.15, 0.2) is 24.3 Å². The van der Waals surface area contributed by atoms with Gasteiger partial charge in [0, 0.05) is 19.1 Å². The zero-order chi connectivity index (χ0) is 17.6. The zero-order valence-electron chi connectivity index (χ0n) is 14.8. The van der Waals surface area contributed by atoms with Gasteiger partial charge in [0.15, 0.2) is 0 Å². The lowest BCUT2D eigenvalue weighted by molar-refractivity contribution is 0.0492. The zero-order valence-corrected chi connectivity index (χ0v) is 14.8. The second kappa shape index (κ2) is 8.16. The van der Waals surface area contributed by atoms with Crippen LogP contribution in [0, 0.1) is 11.3 Å². The molecule has 1 aromatic rings. The SMILES string of the molecule is CC(C)(C)OC(=O)NC[C@H]1CCCCN1Cc1ccccc1C#N. The predicted molar refractivity (Wildman–Crippen MR) is 93.4 cm³/mol. The summed E-state index contributed by atoms with van der Waals surface area (Å²) in [6, 6.07) is 10.3. The average Bonchev–Trinajstić information content (AvgIpc) is 2.53. The number of hydrogen-bond donors (Lipinski definition) is 1. The first-order valence-corrected chi connectivity index (χ1v) is 8.58. The molecule has 0 radical (unpaired) electrons. The molecular formula is C19H27N3O2. The Morgan fingerprint density at radius 3 is 2.83 bits per heavy atom. The number of alkyl carbamates (subject to hydrolysis) is 1. The summed E-state index contributed by atoms with van der Waals surface area (Å²) in [5, 5.41) is 12.1. The fourth-order valence-electron chi connectivity index (χ4n) is 3.00. The van der Waals surface area contributed by atoms with Crippen molar-refractivity contribution in [1.82, 2.24) is 10.2 Å². The van der Waals surface area contributed by atoms with Crippen molar-refractivity contribution in [2.45, 2.75) is 58.2 Å². The molecule has 0 spiro atoms. The molecule has 1 N–H and O–H groups in total. The maximum atomic E-state index is 11.9. The van der Waals surface area contributed by atoms with Crippen LogP contribution in [0.5, 0.6) is 0 Å². The van der Waals surface area contributed by atoms with Crippen molar-refractivity contribution >= 4 is 6.09 Å². The van der Waals surface area contributed by atoms with Crippen molar-refractivity contribution in [1.29, 1.82) is 5.26 Å². The molecule has 1 amide bonds. The molecule has 1 atom stereocenters. The summed E-state index contributed by atoms with van der Waals surface area (Å²) in [4.78, 5) is 14.2. The van der Waals surface area contributed by atoms with Gasteiger partial charge < -0.3 is 10.1 Å². The Bertz CT molecular complexity index is 601. The highest BCUT2D eigenvalue weighted by Gasteiger charge is 2.24. The van der Waals surface area contributed by atoms with Gasteiger partial charge in [-0.2, -0.15) is 5.26 Å². The largest absolute Gasteiger partial charge is 0.444 e. The molecular weight excluding hydrogens is 302 g/mol. The van der Waals surface area contributed by atoms with Gasteiger partial charge in [-0.25, -0.2) is 4.79 Å². The van der Waals surface area contributed by atoms with E-state index in [2.05, 4.69) is 16.3 Å². The Balaban J connectivity index is 1.95. The fourth-order valence-corrected chi connectivity index (χ4v) is 3.00. The molecule has 1 aliphatic heterocycles. The Kier molecular flexibility index (Phi) is 6.22. The highest BCUT2D eigenvalue weighted by molar-refractivity contribution is 5.67. The molecule has 0 aromatic heterocycles. The van der Waals surface area contributed by atoms with Gasteiger partial charge in [-0.05, 0) is 51.8 Å². The second-order valence-electron chi connectivity index (χ2n) is 7.27. The average molecular weight is 329 g/mol. The Hall–Kier alpha value is -2.06. The van der Waals surface area contributed by atoms with Crippen LogP contribution in [0.1, 0.15) is 51.2 Å². The maximum Gasteiger partial charge on any atom is 0.407 e. The first-order valence-electron chi connectivity index (χ1n) is 8.58. The highest BCUT2D eigenvalue weighted by atomic mass is 16.6. The molecule has 1 saturated heterocycles. The number of carbonyl (C=O) groups excluding carboxylic acids is 1. The molecule has 0 aliphatic carbocycles. The number of nitrogens with one attached hydrogen (secondary N) is 1. The minimum absolute atomic E-state index is 0.276. The molecule has 0 saturated carbocycles. The number of benzene rings is 1. The van der Waals surface area contributed by atoms with Crippen molar-refractivity contribution in [2.24, 2.45) is 0 Å². The van der Waals surface area contributed by atoms with Crippen molar-refractivity contribution < 1.29 is 9.53 Å². The van der Waals surface area contributed by atoms with Gasteiger partial charge in [0.05, 0.1) is 11.6 Å². The molecule has 5 heteroatoms. The molecule has 130 valence electrons. The van der Waals surface area contributed by atoms with Gasteiger partial charge in [0.1, 0.15) is 5.60 Å². The van der Waals surface area contributed by atoms with Gasteiger partial charge in [-0.3, -0.25) is 4.90 Å². The van der Waals surface area contributed by atoms with Gasteiger partial charge in [-0.1, -0.05) is 24.6 Å². The molecule has 1 heterocycles. The molecule has 1 fully saturated rings. The van der Waals surface area contributed by atoms with Crippen LogP contribution in [0.4, 0.5) is 4.79 Å². The number of rotatable bonds is 4. The summed E-state index contributed by atoms with van der Waals surface area (Å²) >= 11 is 0. The van der Waals surface area contributed by atoms with Crippen molar-refractivity contribution in [3.8, 4) is 6.07 Å². The van der Waals surface area contributed by atoms with Gasteiger partial charge >= 0.3 is 6.09 Å². The lowest BCUT2D eigenvalue weighted by atomic mass is 10.00. The van der Waals surface area contributed by atoms with E-state index in [4.69, 9.17) is 4.74 Å². The molecule has 2 rings (SSSR count). The summed E-state index contributed by atoms with van der Waals surface area (Å²) in [5.41, 5.74) is 1.29. The third-order valence-electron chi connectivity index (χ3n) is 4.14. The maximum absolute atomic E-state index is 11.9. The number of nitriles is 1. The topological polar surface area (TPSA) is 65.4 Å². The molecule has 0 bridgehead atoms. The molecule has 0 unspecified atom stereocenters. The Morgan fingerprint density at radius 1 is 1.38 bits per heavy atom. The Morgan fingerprint density at radius 2 is 2.12 bits per heavy atom. The van der Waals surface area contributed by atoms with Crippen LogP contribution in [0.2, 0.25) is 0 Å². The third kappa shape index (κ3) is 5.54. The van der Waals surface area contributed by atoms with Gasteiger partial charge in [0.2, 0.25) is 0 Å². The summed E-state index contributed by atoms with van der Waals surface area (Å²) in [6.45, 7) is 7.88. The van der Waals surface area contributed by atoms with E-state index >= 15 is 0 Å². The lowest BCUT2D eigenvalue weighted by Crippen LogP contribution is -2.47. The van der Waals surface area contributed by atoms with Gasteiger partial charge in [-0.15, -0.1) is 0 Å². The van der Waals surface area contributed by atoms with Crippen LogP contribution in [0.25, 0.3) is 0 Å². The smallest absolute Gasteiger partial charge is 0.407 e. The van der Waals surface area contributed by atoms with E-state index in [1.54, 1.807) is 0 Å². The quantitative estimate of drug-likeness (QED) is 0.919. The second-order valence-corrected chi connectivity index (χ2v) is 7.27. The number of likely N-dealkylation sites (tertiary alicyclic amines) is 1. The van der Waals surface area contributed by atoms with Crippen molar-refractivity contribution in [2.75, 3.05) is 13.1 Å². The highest BCUT2D eigenvalue weighted by Crippen LogP contribution is 2.21. The normalized spacial score (nSPS) is 18.7. The monoisotopic (exact) mass is 329 g/mol. The fraction of sp³-hybridized carbons (Fsp3) is 0.579.